The molecule has 1 aromatic carbocycles. The minimum Gasteiger partial charge on any atom is -0.358 e. The van der Waals surface area contributed by atoms with E-state index >= 15 is 0 Å². The van der Waals surface area contributed by atoms with Gasteiger partial charge in [-0.15, -0.1) is 0 Å². The van der Waals surface area contributed by atoms with E-state index in [4.69, 9.17) is 0 Å². The molecular weight excluding hydrogens is 407 g/mol. The number of hydrogen-bond donors (Lipinski definition) is 2. The van der Waals surface area contributed by atoms with Crippen molar-refractivity contribution < 1.29 is 14.0 Å². The number of benzene rings is 1. The lowest BCUT2D eigenvalue weighted by atomic mass is 10.0. The molecule has 1 fully saturated rings. The quantitative estimate of drug-likeness (QED) is 0.716. The second kappa shape index (κ2) is 8.54. The summed E-state index contributed by atoms with van der Waals surface area (Å²) in [7, 11) is 0. The zero-order valence-electron chi connectivity index (χ0n) is 18.5. The third kappa shape index (κ3) is 3.86. The fourth-order valence-electron chi connectivity index (χ4n) is 5.11. The van der Waals surface area contributed by atoms with Crippen molar-refractivity contribution in [3.63, 3.8) is 0 Å². The van der Waals surface area contributed by atoms with Crippen molar-refractivity contribution in [3.05, 3.63) is 52.1 Å². The zero-order chi connectivity index (χ0) is 22.2. The van der Waals surface area contributed by atoms with Gasteiger partial charge in [-0.3, -0.25) is 9.59 Å². The molecule has 0 saturated carbocycles. The van der Waals surface area contributed by atoms with Crippen LogP contribution in [-0.4, -0.2) is 59.3 Å². The number of piperidine rings is 1. The first kappa shape index (κ1) is 20.9. The van der Waals surface area contributed by atoms with E-state index in [-0.39, 0.29) is 17.6 Å². The van der Waals surface area contributed by atoms with Crippen molar-refractivity contribution in [2.75, 3.05) is 38.0 Å². The molecule has 168 valence electrons. The number of likely N-dealkylation sites (tertiary alicyclic amines) is 1. The Morgan fingerprint density at radius 1 is 1.06 bits per heavy atom. The number of carbonyl (C=O) groups excluding carboxylic acids is 2. The Labute approximate surface area is 187 Å². The van der Waals surface area contributed by atoms with Crippen molar-refractivity contribution >= 4 is 29.2 Å². The van der Waals surface area contributed by atoms with Crippen molar-refractivity contribution in [2.45, 2.75) is 39.0 Å². The number of nitrogens with one attached hydrogen (secondary N) is 2. The Morgan fingerprint density at radius 2 is 1.88 bits per heavy atom. The summed E-state index contributed by atoms with van der Waals surface area (Å²) in [5.41, 5.74) is 4.81. The molecule has 2 aromatic rings. The van der Waals surface area contributed by atoms with Gasteiger partial charge in [0.05, 0.1) is 11.1 Å². The van der Waals surface area contributed by atoms with E-state index in [0.717, 1.165) is 68.1 Å². The lowest BCUT2D eigenvalue weighted by Gasteiger charge is -2.29. The second-order valence-electron chi connectivity index (χ2n) is 9.02. The SMILES string of the molecule is Cc1c(/C=C2\C(=O)Nc3ccc(F)cc32)[nH]c2c1C(=O)N(CCN1CCCCC1)CCC2. The smallest absolute Gasteiger partial charge is 0.256 e. The van der Waals surface area contributed by atoms with Crippen LogP contribution < -0.4 is 5.32 Å². The molecule has 0 atom stereocenters. The standard InChI is InChI=1S/C25H29FN4O2/c1-16-22(15-19-18-14-17(26)7-8-20(18)28-24(19)31)27-21-6-5-11-30(25(32)23(16)21)13-12-29-9-3-2-4-10-29/h7-8,14-15,27H,2-6,9-13H2,1H3,(H,28,31)/b19-15-. The molecule has 0 unspecified atom stereocenters. The highest BCUT2D eigenvalue weighted by Gasteiger charge is 2.29. The Hall–Kier alpha value is -2.93. The number of nitrogens with zero attached hydrogens (tertiary/aromatic N) is 2. The van der Waals surface area contributed by atoms with Crippen LogP contribution in [0.5, 0.6) is 0 Å². The van der Waals surface area contributed by atoms with Gasteiger partial charge in [0.2, 0.25) is 0 Å². The average Bonchev–Trinajstić information content (AvgIpc) is 3.20. The summed E-state index contributed by atoms with van der Waals surface area (Å²) in [6, 6.07) is 4.28. The van der Waals surface area contributed by atoms with Crippen molar-refractivity contribution in [1.29, 1.82) is 0 Å². The number of amides is 2. The first-order valence-corrected chi connectivity index (χ1v) is 11.6. The number of halogens is 1. The van der Waals surface area contributed by atoms with Crippen LogP contribution in [0.3, 0.4) is 0 Å². The van der Waals surface area contributed by atoms with E-state index in [0.29, 0.717) is 16.8 Å². The molecule has 2 amide bonds. The van der Waals surface area contributed by atoms with Gasteiger partial charge in [-0.25, -0.2) is 4.39 Å². The zero-order valence-corrected chi connectivity index (χ0v) is 18.5. The number of carbonyl (C=O) groups is 2. The first-order chi connectivity index (χ1) is 15.5. The largest absolute Gasteiger partial charge is 0.358 e. The lowest BCUT2D eigenvalue weighted by Crippen LogP contribution is -2.40. The Bertz CT molecular complexity index is 1100. The Kier molecular flexibility index (Phi) is 5.59. The Morgan fingerprint density at radius 3 is 2.69 bits per heavy atom. The molecule has 6 nitrogen and oxygen atoms in total. The Balaban J connectivity index is 1.41. The van der Waals surface area contributed by atoms with Crippen LogP contribution in [0.4, 0.5) is 10.1 Å². The molecule has 4 heterocycles. The summed E-state index contributed by atoms with van der Waals surface area (Å²) < 4.78 is 13.8. The van der Waals surface area contributed by atoms with Crippen LogP contribution in [0.15, 0.2) is 18.2 Å². The lowest BCUT2D eigenvalue weighted by molar-refractivity contribution is -0.110. The summed E-state index contributed by atoms with van der Waals surface area (Å²) in [6.07, 6.45) is 7.24. The van der Waals surface area contributed by atoms with Gasteiger partial charge in [0.1, 0.15) is 5.82 Å². The van der Waals surface area contributed by atoms with Gasteiger partial charge in [-0.05, 0) is 75.5 Å². The monoisotopic (exact) mass is 436 g/mol. The molecule has 0 aliphatic carbocycles. The molecule has 7 heteroatoms. The summed E-state index contributed by atoms with van der Waals surface area (Å²) in [5, 5.41) is 2.78. The van der Waals surface area contributed by atoms with Crippen LogP contribution in [0.2, 0.25) is 0 Å². The molecule has 1 saturated heterocycles. The van der Waals surface area contributed by atoms with E-state index in [1.165, 1.54) is 31.4 Å². The van der Waals surface area contributed by atoms with E-state index < -0.39 is 0 Å². The van der Waals surface area contributed by atoms with E-state index in [1.807, 2.05) is 11.8 Å². The average molecular weight is 437 g/mol. The molecular formula is C25H29FN4O2. The number of fused-ring (bicyclic) bond motifs is 2. The molecule has 3 aliphatic heterocycles. The second-order valence-corrected chi connectivity index (χ2v) is 9.02. The van der Waals surface area contributed by atoms with Crippen LogP contribution in [0.25, 0.3) is 11.6 Å². The topological polar surface area (TPSA) is 68.4 Å². The van der Waals surface area contributed by atoms with Gasteiger partial charge >= 0.3 is 0 Å². The summed E-state index contributed by atoms with van der Waals surface area (Å²) in [5.74, 6) is -0.579. The van der Waals surface area contributed by atoms with Crippen LogP contribution in [-0.2, 0) is 11.2 Å². The number of aromatic amines is 1. The van der Waals surface area contributed by atoms with E-state index in [1.54, 1.807) is 12.1 Å². The van der Waals surface area contributed by atoms with Crippen molar-refractivity contribution in [3.8, 4) is 0 Å². The normalized spacial score (nSPS) is 20.3. The number of aryl methyl sites for hydroxylation is 1. The van der Waals surface area contributed by atoms with Gasteiger partial charge in [0.15, 0.2) is 0 Å². The van der Waals surface area contributed by atoms with Gasteiger partial charge in [0.25, 0.3) is 11.8 Å². The maximum Gasteiger partial charge on any atom is 0.256 e. The van der Waals surface area contributed by atoms with Gasteiger partial charge in [0, 0.05) is 42.3 Å². The van der Waals surface area contributed by atoms with Crippen molar-refractivity contribution in [1.82, 2.24) is 14.8 Å². The van der Waals surface area contributed by atoms with E-state index in [9.17, 15) is 14.0 Å². The highest BCUT2D eigenvalue weighted by Crippen LogP contribution is 2.35. The maximum absolute atomic E-state index is 13.8. The number of anilines is 1. The molecule has 5 rings (SSSR count). The fraction of sp³-hybridized carbons (Fsp3) is 0.440. The predicted molar refractivity (Wildman–Crippen MR) is 123 cm³/mol. The molecule has 2 N–H and O–H groups in total. The minimum atomic E-state index is -0.385. The number of hydrogen-bond acceptors (Lipinski definition) is 3. The maximum atomic E-state index is 13.8. The number of rotatable bonds is 4. The van der Waals surface area contributed by atoms with Gasteiger partial charge in [-0.2, -0.15) is 0 Å². The number of H-pyrrole nitrogens is 1. The highest BCUT2D eigenvalue weighted by atomic mass is 19.1. The number of aromatic nitrogens is 1. The third-order valence-electron chi connectivity index (χ3n) is 6.91. The van der Waals surface area contributed by atoms with Crippen LogP contribution in [0, 0.1) is 12.7 Å². The molecule has 1 aromatic heterocycles. The minimum absolute atomic E-state index is 0.0650. The van der Waals surface area contributed by atoms with E-state index in [2.05, 4.69) is 15.2 Å². The highest BCUT2D eigenvalue weighted by molar-refractivity contribution is 6.34. The molecule has 32 heavy (non-hydrogen) atoms. The molecule has 0 spiro atoms. The van der Waals surface area contributed by atoms with Gasteiger partial charge < -0.3 is 20.1 Å². The predicted octanol–water partition coefficient (Wildman–Crippen LogP) is 3.83. The van der Waals surface area contributed by atoms with Crippen LogP contribution >= 0.6 is 0 Å². The first-order valence-electron chi connectivity index (χ1n) is 11.6. The summed E-state index contributed by atoms with van der Waals surface area (Å²) in [6.45, 7) is 6.60. The van der Waals surface area contributed by atoms with Crippen molar-refractivity contribution in [2.24, 2.45) is 0 Å². The van der Waals surface area contributed by atoms with Gasteiger partial charge in [-0.1, -0.05) is 6.42 Å². The van der Waals surface area contributed by atoms with Crippen LogP contribution in [0.1, 0.15) is 58.6 Å². The molecule has 0 radical (unpaired) electrons. The molecule has 3 aliphatic rings. The fourth-order valence-corrected chi connectivity index (χ4v) is 5.11. The third-order valence-corrected chi connectivity index (χ3v) is 6.91. The summed E-state index contributed by atoms with van der Waals surface area (Å²) in [4.78, 5) is 33.8. The molecule has 0 bridgehead atoms. The summed E-state index contributed by atoms with van der Waals surface area (Å²) >= 11 is 0.